The Morgan fingerprint density at radius 2 is 1.84 bits per heavy atom. The Morgan fingerprint density at radius 3 is 2.48 bits per heavy atom. The highest BCUT2D eigenvalue weighted by Crippen LogP contribution is 2.34. The predicted molar refractivity (Wildman–Crippen MR) is 194 cm³/mol. The van der Waals surface area contributed by atoms with Crippen molar-refractivity contribution in [3.8, 4) is 17.1 Å². The maximum atomic E-state index is 13.9. The number of anilines is 2. The van der Waals surface area contributed by atoms with Crippen LogP contribution in [0, 0.1) is 0 Å². The minimum atomic E-state index is -4.34. The summed E-state index contributed by atoms with van der Waals surface area (Å²) < 4.78 is 71.1. The van der Waals surface area contributed by atoms with Crippen molar-refractivity contribution in [2.75, 3.05) is 50.1 Å². The molecule has 0 bridgehead atoms. The Morgan fingerprint density at radius 1 is 1.09 bits per heavy atom. The lowest BCUT2D eigenvalue weighted by atomic mass is 10.0. The molecule has 2 aliphatic rings. The molecular weight excluding hydrogens is 769 g/mol. The first kappa shape index (κ1) is 40.0. The number of fused-ring (bicyclic) bond motifs is 2. The number of carbonyl (C=O) groups excluding carboxylic acids is 2. The zero-order chi connectivity index (χ0) is 40.3. The molecule has 2 aromatic carbocycles. The second-order valence-corrected chi connectivity index (χ2v) is 13.1. The third-order valence-corrected chi connectivity index (χ3v) is 9.68. The summed E-state index contributed by atoms with van der Waals surface area (Å²) in [7, 11) is 1.59. The van der Waals surface area contributed by atoms with Crippen LogP contribution in [0.15, 0.2) is 47.5 Å². The number of piperazine rings is 1. The lowest BCUT2D eigenvalue weighted by Crippen LogP contribution is -2.51. The molecule has 0 unspecified atom stereocenters. The van der Waals surface area contributed by atoms with E-state index >= 15 is 0 Å². The van der Waals surface area contributed by atoms with Gasteiger partial charge in [0, 0.05) is 38.8 Å². The van der Waals surface area contributed by atoms with E-state index in [0.29, 0.717) is 42.5 Å². The molecule has 14 nitrogen and oxygen atoms in total. The van der Waals surface area contributed by atoms with Crippen LogP contribution >= 0.6 is 11.6 Å². The molecule has 1 saturated heterocycles. The molecule has 0 saturated carbocycles. The molecule has 0 aliphatic carbocycles. The standard InChI is InChI=1S/C28H28F2N8O5.C8H7ClF3N/c1-2-19-22(35-6-8-36(9-7-35)26(41)21-23(40)20(24(29)30)31-15-32-21)27(42)38-28(37(19)10-11-39)33-25(34-38)17-3-4-18-14-43-12-5-16(18)13-17;1-13-7-3-2-5(4-6(7)9)8(10,11)12/h3-4,11,13,15,24,40H,2,5-10,12,14H2,1H3;2-4,13H,1H3. The molecule has 296 valence electrons. The van der Waals surface area contributed by atoms with Crippen LogP contribution in [0.25, 0.3) is 17.2 Å². The van der Waals surface area contributed by atoms with Gasteiger partial charge in [-0.05, 0) is 48.2 Å². The lowest BCUT2D eigenvalue weighted by Gasteiger charge is -2.36. The molecule has 0 atom stereocenters. The van der Waals surface area contributed by atoms with Gasteiger partial charge in [-0.15, -0.1) is 5.10 Å². The average molecular weight is 804 g/mol. The van der Waals surface area contributed by atoms with Crippen molar-refractivity contribution < 1.29 is 41.4 Å². The van der Waals surface area contributed by atoms with E-state index in [1.54, 1.807) is 11.6 Å². The summed E-state index contributed by atoms with van der Waals surface area (Å²) in [6.45, 7) is 3.69. The van der Waals surface area contributed by atoms with Gasteiger partial charge in [-0.2, -0.15) is 22.7 Å². The zero-order valence-electron chi connectivity index (χ0n) is 30.0. The number of benzene rings is 2. The van der Waals surface area contributed by atoms with Crippen LogP contribution in [0.5, 0.6) is 5.75 Å². The van der Waals surface area contributed by atoms with Crippen LogP contribution in [0.3, 0.4) is 0 Å². The van der Waals surface area contributed by atoms with Gasteiger partial charge in [0.1, 0.15) is 18.3 Å². The van der Waals surface area contributed by atoms with E-state index in [-0.39, 0.29) is 43.5 Å². The summed E-state index contributed by atoms with van der Waals surface area (Å²) >= 11 is 5.57. The van der Waals surface area contributed by atoms with Crippen molar-refractivity contribution in [3.63, 3.8) is 0 Å². The topological polar surface area (TPSA) is 160 Å². The average Bonchev–Trinajstić information content (AvgIpc) is 3.64. The van der Waals surface area contributed by atoms with Gasteiger partial charge in [0.05, 0.1) is 41.7 Å². The van der Waals surface area contributed by atoms with Crippen molar-refractivity contribution in [2.24, 2.45) is 0 Å². The molecular formula is C36H35ClF5N9O5. The van der Waals surface area contributed by atoms with Gasteiger partial charge in [-0.1, -0.05) is 30.7 Å². The van der Waals surface area contributed by atoms with Gasteiger partial charge in [-0.3, -0.25) is 9.59 Å². The summed E-state index contributed by atoms with van der Waals surface area (Å²) in [5.41, 5.74) is 1.83. The fraction of sp³-hybridized carbons (Fsp3) is 0.361. The van der Waals surface area contributed by atoms with E-state index in [2.05, 4.69) is 25.4 Å². The number of aldehydes is 1. The number of hydrogen-bond donors (Lipinski definition) is 2. The SMILES string of the molecule is CCc1c(N2CCN(C(=O)c3ncnc(C(F)F)c3O)CC2)c(=O)n2nc(-c3ccc4c(c3)CCOC4)nc2n1CC=O.CNc1ccc(C(F)(F)F)cc1Cl. The van der Waals surface area contributed by atoms with E-state index in [9.17, 15) is 41.4 Å². The molecule has 2 aliphatic heterocycles. The Labute approximate surface area is 320 Å². The number of nitrogens with one attached hydrogen (secondary N) is 1. The van der Waals surface area contributed by atoms with Gasteiger partial charge < -0.3 is 34.3 Å². The predicted octanol–water partition coefficient (Wildman–Crippen LogP) is 5.19. The molecule has 1 amide bonds. The van der Waals surface area contributed by atoms with Crippen molar-refractivity contribution in [1.29, 1.82) is 0 Å². The highest BCUT2D eigenvalue weighted by atomic mass is 35.5. The summed E-state index contributed by atoms with van der Waals surface area (Å²) in [6.07, 6.45) is -4.68. The Kier molecular flexibility index (Phi) is 11.8. The number of amides is 1. The third-order valence-electron chi connectivity index (χ3n) is 9.36. The molecule has 5 heterocycles. The first-order valence-electron chi connectivity index (χ1n) is 17.3. The number of aromatic nitrogens is 6. The largest absolute Gasteiger partial charge is 0.504 e. The Hall–Kier alpha value is -5.69. The number of hydrogen-bond acceptors (Lipinski definition) is 11. The molecule has 0 spiro atoms. The summed E-state index contributed by atoms with van der Waals surface area (Å²) in [5.74, 6) is -1.07. The minimum Gasteiger partial charge on any atom is -0.504 e. The number of rotatable bonds is 8. The van der Waals surface area contributed by atoms with E-state index in [1.165, 1.54) is 15.5 Å². The smallest absolute Gasteiger partial charge is 0.416 e. The van der Waals surface area contributed by atoms with Gasteiger partial charge >= 0.3 is 6.18 Å². The van der Waals surface area contributed by atoms with Crippen LogP contribution in [-0.2, 0) is 41.7 Å². The van der Waals surface area contributed by atoms with Crippen LogP contribution in [0.2, 0.25) is 5.02 Å². The third kappa shape index (κ3) is 7.99. The molecule has 56 heavy (non-hydrogen) atoms. The number of alkyl halides is 5. The highest BCUT2D eigenvalue weighted by Gasteiger charge is 2.32. The molecule has 20 heteroatoms. The fourth-order valence-corrected chi connectivity index (χ4v) is 6.82. The monoisotopic (exact) mass is 803 g/mol. The normalized spacial score (nSPS) is 14.4. The van der Waals surface area contributed by atoms with Crippen molar-refractivity contribution in [1.82, 2.24) is 34.0 Å². The summed E-state index contributed by atoms with van der Waals surface area (Å²) in [6, 6.07) is 9.02. The zero-order valence-corrected chi connectivity index (χ0v) is 30.7. The van der Waals surface area contributed by atoms with Crippen LogP contribution in [0.4, 0.5) is 33.3 Å². The molecule has 3 aromatic heterocycles. The highest BCUT2D eigenvalue weighted by molar-refractivity contribution is 6.33. The molecule has 5 aromatic rings. The number of nitrogens with zero attached hydrogens (tertiary/aromatic N) is 8. The van der Waals surface area contributed by atoms with Crippen LogP contribution in [-0.4, -0.2) is 91.2 Å². The first-order chi connectivity index (χ1) is 26.8. The number of ether oxygens (including phenoxy) is 1. The minimum absolute atomic E-state index is 0.0441. The van der Waals surface area contributed by atoms with E-state index in [1.807, 2.05) is 30.0 Å². The van der Waals surface area contributed by atoms with E-state index in [4.69, 9.17) is 16.3 Å². The number of aromatic hydroxyl groups is 1. The Balaban J connectivity index is 0.000000348. The fourth-order valence-electron chi connectivity index (χ4n) is 6.54. The maximum absolute atomic E-state index is 13.9. The maximum Gasteiger partial charge on any atom is 0.416 e. The van der Waals surface area contributed by atoms with E-state index < -0.39 is 46.8 Å². The van der Waals surface area contributed by atoms with Crippen LogP contribution < -0.4 is 15.8 Å². The molecule has 7 rings (SSSR count). The second kappa shape index (κ2) is 16.6. The Bertz CT molecular complexity index is 2330. The van der Waals surface area contributed by atoms with Crippen molar-refractivity contribution in [3.05, 3.63) is 91.9 Å². The lowest BCUT2D eigenvalue weighted by molar-refractivity contribution is -0.137. The first-order valence-corrected chi connectivity index (χ1v) is 17.7. The van der Waals surface area contributed by atoms with Gasteiger partial charge in [-0.25, -0.2) is 18.7 Å². The summed E-state index contributed by atoms with van der Waals surface area (Å²) in [5, 5.41) is 17.5. The number of halogens is 6. The molecule has 2 N–H and O–H groups in total. The molecule has 0 radical (unpaired) electrons. The second-order valence-electron chi connectivity index (χ2n) is 12.6. The molecule has 1 fully saturated rings. The van der Waals surface area contributed by atoms with E-state index in [0.717, 1.165) is 47.9 Å². The van der Waals surface area contributed by atoms with Gasteiger partial charge in [0.15, 0.2) is 23.0 Å². The number of carbonyl (C=O) groups is 2. The quantitative estimate of drug-likeness (QED) is 0.157. The van der Waals surface area contributed by atoms with Gasteiger partial charge in [0.2, 0.25) is 5.78 Å². The summed E-state index contributed by atoms with van der Waals surface area (Å²) in [4.78, 5) is 53.6. The van der Waals surface area contributed by atoms with Gasteiger partial charge in [0.25, 0.3) is 17.9 Å². The van der Waals surface area contributed by atoms with Crippen LogP contribution in [0.1, 0.15) is 51.9 Å². The van der Waals surface area contributed by atoms with Crippen molar-refractivity contribution in [2.45, 2.75) is 45.5 Å². The van der Waals surface area contributed by atoms with Crippen molar-refractivity contribution >= 4 is 40.9 Å².